The zero-order valence-electron chi connectivity index (χ0n) is 11.8. The molecule has 3 rings (SSSR count). The highest BCUT2D eigenvalue weighted by Crippen LogP contribution is 2.48. The van der Waals surface area contributed by atoms with E-state index in [0.717, 1.165) is 24.1 Å². The van der Waals surface area contributed by atoms with Gasteiger partial charge in [0.25, 0.3) is 0 Å². The van der Waals surface area contributed by atoms with Gasteiger partial charge in [0.15, 0.2) is 0 Å². The van der Waals surface area contributed by atoms with Crippen molar-refractivity contribution >= 4 is 21.8 Å². The van der Waals surface area contributed by atoms with Crippen LogP contribution in [0.2, 0.25) is 0 Å². The Morgan fingerprint density at radius 2 is 2.25 bits per heavy atom. The maximum atomic E-state index is 12.2. The number of rotatable bonds is 5. The Hall–Kier alpha value is -0.870. The van der Waals surface area contributed by atoms with Crippen LogP contribution in [-0.4, -0.2) is 25.5 Å². The van der Waals surface area contributed by atoms with Crippen LogP contribution in [-0.2, 0) is 10.2 Å². The van der Waals surface area contributed by atoms with Crippen molar-refractivity contribution in [3.05, 3.63) is 34.3 Å². The van der Waals surface area contributed by atoms with Gasteiger partial charge in [-0.2, -0.15) is 0 Å². The number of carbonyl (C=O) groups excluding carboxylic acids is 1. The Bertz CT molecular complexity index is 509. The summed E-state index contributed by atoms with van der Waals surface area (Å²) in [5.74, 6) is 0.836. The number of nitrogens with one attached hydrogen (secondary N) is 2. The Morgan fingerprint density at radius 3 is 2.80 bits per heavy atom. The number of halogens is 1. The lowest BCUT2D eigenvalue weighted by atomic mass is 9.88. The van der Waals surface area contributed by atoms with E-state index in [1.54, 1.807) is 0 Å². The zero-order valence-corrected chi connectivity index (χ0v) is 13.4. The van der Waals surface area contributed by atoms with Crippen LogP contribution in [0, 0.1) is 11.8 Å². The Balaban J connectivity index is 1.59. The van der Waals surface area contributed by atoms with Crippen LogP contribution in [0.25, 0.3) is 0 Å². The summed E-state index contributed by atoms with van der Waals surface area (Å²) in [6.07, 6.45) is 2.34. The molecular formula is C16H21BrN2O. The maximum absolute atomic E-state index is 12.2. The molecule has 20 heavy (non-hydrogen) atoms. The van der Waals surface area contributed by atoms with Crippen LogP contribution < -0.4 is 10.6 Å². The first kappa shape index (κ1) is 14.1. The normalized spacial score (nSPS) is 21.9. The molecule has 108 valence electrons. The second-order valence-corrected chi connectivity index (χ2v) is 7.13. The molecule has 1 atom stereocenters. The summed E-state index contributed by atoms with van der Waals surface area (Å²) in [7, 11) is 0. The summed E-state index contributed by atoms with van der Waals surface area (Å²) >= 11 is 3.53. The van der Waals surface area contributed by atoms with E-state index in [-0.39, 0.29) is 17.2 Å². The van der Waals surface area contributed by atoms with Gasteiger partial charge >= 0.3 is 0 Å². The van der Waals surface area contributed by atoms with Gasteiger partial charge in [-0.15, -0.1) is 0 Å². The van der Waals surface area contributed by atoms with Crippen molar-refractivity contribution in [1.29, 1.82) is 0 Å². The van der Waals surface area contributed by atoms with Crippen molar-refractivity contribution < 1.29 is 4.79 Å². The second kappa shape index (κ2) is 5.49. The molecule has 1 amide bonds. The van der Waals surface area contributed by atoms with Crippen LogP contribution in [0.5, 0.6) is 0 Å². The first-order valence-electron chi connectivity index (χ1n) is 7.35. The number of carbonyl (C=O) groups is 1. The fourth-order valence-corrected chi connectivity index (χ4v) is 3.23. The number of amides is 1. The summed E-state index contributed by atoms with van der Waals surface area (Å²) in [6, 6.07) is 8.47. The van der Waals surface area contributed by atoms with E-state index >= 15 is 0 Å². The predicted molar refractivity (Wildman–Crippen MR) is 83.6 cm³/mol. The molecule has 1 aromatic rings. The molecule has 2 N–H and O–H groups in total. The molecule has 1 heterocycles. The predicted octanol–water partition coefficient (Wildman–Crippen LogP) is 2.45. The standard InChI is InChI=1S/C16H21BrN2O/c1-11(12-8-18-9-12)15(20)19-10-16(5-6-16)13-3-2-4-14(17)7-13/h2-4,7,11-12,18H,5-6,8-10H2,1H3,(H,19,20). The summed E-state index contributed by atoms with van der Waals surface area (Å²) in [5.41, 5.74) is 1.52. The van der Waals surface area contributed by atoms with Crippen molar-refractivity contribution in [1.82, 2.24) is 10.6 Å². The second-order valence-electron chi connectivity index (χ2n) is 6.22. The average molecular weight is 337 g/mol. The van der Waals surface area contributed by atoms with Gasteiger partial charge < -0.3 is 10.6 Å². The van der Waals surface area contributed by atoms with Crippen molar-refractivity contribution in [2.45, 2.75) is 25.2 Å². The van der Waals surface area contributed by atoms with Crippen LogP contribution in [0.3, 0.4) is 0 Å². The lowest BCUT2D eigenvalue weighted by molar-refractivity contribution is -0.126. The van der Waals surface area contributed by atoms with Gasteiger partial charge in [0.2, 0.25) is 5.91 Å². The van der Waals surface area contributed by atoms with Gasteiger partial charge in [-0.1, -0.05) is 35.0 Å². The molecule has 1 unspecified atom stereocenters. The smallest absolute Gasteiger partial charge is 0.223 e. The molecule has 0 radical (unpaired) electrons. The zero-order chi connectivity index (χ0) is 14.2. The summed E-state index contributed by atoms with van der Waals surface area (Å²) in [6.45, 7) is 4.77. The first-order chi connectivity index (χ1) is 9.61. The van der Waals surface area contributed by atoms with Crippen LogP contribution in [0.1, 0.15) is 25.3 Å². The highest BCUT2D eigenvalue weighted by Gasteiger charge is 2.44. The Labute approximate surface area is 128 Å². The van der Waals surface area contributed by atoms with Crippen molar-refractivity contribution in [2.24, 2.45) is 11.8 Å². The Morgan fingerprint density at radius 1 is 1.50 bits per heavy atom. The SMILES string of the molecule is CC(C(=O)NCC1(c2cccc(Br)c2)CC1)C1CNC1. The Kier molecular flexibility index (Phi) is 3.87. The summed E-state index contributed by atoms with van der Waals surface area (Å²) in [5, 5.41) is 6.40. The monoisotopic (exact) mass is 336 g/mol. The van der Waals surface area contributed by atoms with E-state index in [0.29, 0.717) is 5.92 Å². The molecule has 4 heteroatoms. The molecular weight excluding hydrogens is 316 g/mol. The summed E-state index contributed by atoms with van der Waals surface area (Å²) in [4.78, 5) is 12.2. The van der Waals surface area contributed by atoms with Gasteiger partial charge in [-0.3, -0.25) is 4.79 Å². The van der Waals surface area contributed by atoms with E-state index in [9.17, 15) is 4.79 Å². The van der Waals surface area contributed by atoms with E-state index in [1.165, 1.54) is 18.4 Å². The highest BCUT2D eigenvalue weighted by molar-refractivity contribution is 9.10. The quantitative estimate of drug-likeness (QED) is 0.867. The van der Waals surface area contributed by atoms with E-state index in [2.05, 4.69) is 44.8 Å². The minimum atomic E-state index is 0.120. The number of benzene rings is 1. The minimum Gasteiger partial charge on any atom is -0.355 e. The van der Waals surface area contributed by atoms with E-state index in [4.69, 9.17) is 0 Å². The number of hydrogen-bond donors (Lipinski definition) is 2. The highest BCUT2D eigenvalue weighted by atomic mass is 79.9. The molecule has 2 aliphatic rings. The number of hydrogen-bond acceptors (Lipinski definition) is 2. The van der Waals surface area contributed by atoms with Crippen LogP contribution in [0.15, 0.2) is 28.7 Å². The van der Waals surface area contributed by atoms with Crippen molar-refractivity contribution in [3.8, 4) is 0 Å². The third-order valence-electron chi connectivity index (χ3n) is 4.83. The molecule has 1 aliphatic heterocycles. The van der Waals surface area contributed by atoms with Gasteiger partial charge in [-0.25, -0.2) is 0 Å². The lowest BCUT2D eigenvalue weighted by Crippen LogP contribution is -2.50. The molecule has 1 aliphatic carbocycles. The summed E-state index contributed by atoms with van der Waals surface area (Å²) < 4.78 is 1.11. The lowest BCUT2D eigenvalue weighted by Gasteiger charge is -2.32. The van der Waals surface area contributed by atoms with E-state index in [1.807, 2.05) is 13.0 Å². The third kappa shape index (κ3) is 2.77. The first-order valence-corrected chi connectivity index (χ1v) is 8.14. The largest absolute Gasteiger partial charge is 0.355 e. The molecule has 1 saturated carbocycles. The molecule has 2 fully saturated rings. The van der Waals surface area contributed by atoms with Gasteiger partial charge in [0, 0.05) is 22.4 Å². The van der Waals surface area contributed by atoms with Crippen LogP contribution >= 0.6 is 15.9 Å². The maximum Gasteiger partial charge on any atom is 0.223 e. The molecule has 1 saturated heterocycles. The molecule has 0 aromatic heterocycles. The fraction of sp³-hybridized carbons (Fsp3) is 0.562. The topological polar surface area (TPSA) is 41.1 Å². The third-order valence-corrected chi connectivity index (χ3v) is 5.32. The van der Waals surface area contributed by atoms with Gasteiger partial charge in [0.05, 0.1) is 0 Å². The van der Waals surface area contributed by atoms with Crippen molar-refractivity contribution in [2.75, 3.05) is 19.6 Å². The van der Waals surface area contributed by atoms with Crippen molar-refractivity contribution in [3.63, 3.8) is 0 Å². The van der Waals surface area contributed by atoms with Gasteiger partial charge in [-0.05, 0) is 49.5 Å². The molecule has 0 spiro atoms. The van der Waals surface area contributed by atoms with Crippen LogP contribution in [0.4, 0.5) is 0 Å². The molecule has 1 aromatic carbocycles. The molecule has 0 bridgehead atoms. The minimum absolute atomic E-state index is 0.120. The average Bonchev–Trinajstić information content (AvgIpc) is 3.15. The fourth-order valence-electron chi connectivity index (χ4n) is 2.83. The van der Waals surface area contributed by atoms with E-state index < -0.39 is 0 Å². The molecule has 3 nitrogen and oxygen atoms in total. The van der Waals surface area contributed by atoms with Gasteiger partial charge in [0.1, 0.15) is 0 Å².